The molecule has 1 fully saturated rings. The summed E-state index contributed by atoms with van der Waals surface area (Å²) in [6.45, 7) is 4.83. The second-order valence-corrected chi connectivity index (χ2v) is 8.24. The summed E-state index contributed by atoms with van der Waals surface area (Å²) in [5.74, 6) is 1.02. The zero-order valence-corrected chi connectivity index (χ0v) is 15.7. The zero-order valence-electron chi connectivity index (χ0n) is 14.1. The van der Waals surface area contributed by atoms with E-state index in [9.17, 15) is 4.79 Å². The third-order valence-corrected chi connectivity index (χ3v) is 6.05. The van der Waals surface area contributed by atoms with Crippen molar-refractivity contribution >= 4 is 39.9 Å². The standard InChI is InChI=1S/C18H19ClN4OS/c1-10(2)15-14(22-18(19)25-15)17(24)23-9-5-8-13(23)16-20-11-6-3-4-7-12(11)21-16/h3-4,6-7,10,13H,5,8-9H2,1-2H3,(H,20,21)/t13-/m0/s1. The Morgan fingerprint density at radius 1 is 1.36 bits per heavy atom. The van der Waals surface area contributed by atoms with E-state index in [-0.39, 0.29) is 17.9 Å². The Bertz CT molecular complexity index is 899. The van der Waals surface area contributed by atoms with E-state index in [0.717, 1.165) is 34.6 Å². The van der Waals surface area contributed by atoms with Gasteiger partial charge in [0.05, 0.1) is 17.1 Å². The van der Waals surface area contributed by atoms with Gasteiger partial charge in [-0.15, -0.1) is 11.3 Å². The molecule has 1 saturated heterocycles. The Hall–Kier alpha value is -1.92. The van der Waals surface area contributed by atoms with Gasteiger partial charge in [-0.25, -0.2) is 9.97 Å². The molecule has 7 heteroatoms. The smallest absolute Gasteiger partial charge is 0.274 e. The van der Waals surface area contributed by atoms with Crippen LogP contribution >= 0.6 is 22.9 Å². The van der Waals surface area contributed by atoms with Crippen LogP contribution in [0.1, 0.15) is 59.8 Å². The van der Waals surface area contributed by atoms with Gasteiger partial charge in [0.2, 0.25) is 0 Å². The summed E-state index contributed by atoms with van der Waals surface area (Å²) in [5.41, 5.74) is 2.42. The van der Waals surface area contributed by atoms with Crippen molar-refractivity contribution in [1.29, 1.82) is 0 Å². The van der Waals surface area contributed by atoms with Crippen LogP contribution in [-0.4, -0.2) is 32.3 Å². The number of halogens is 1. The van der Waals surface area contributed by atoms with Gasteiger partial charge in [-0.2, -0.15) is 0 Å². The lowest BCUT2D eigenvalue weighted by Crippen LogP contribution is -2.32. The fourth-order valence-corrected chi connectivity index (χ4v) is 4.53. The van der Waals surface area contributed by atoms with E-state index in [1.807, 2.05) is 29.2 Å². The second kappa shape index (κ2) is 6.42. The number of likely N-dealkylation sites (tertiary alicyclic amines) is 1. The van der Waals surface area contributed by atoms with Gasteiger partial charge in [0.15, 0.2) is 4.47 Å². The van der Waals surface area contributed by atoms with Crippen LogP contribution < -0.4 is 0 Å². The molecular weight excluding hydrogens is 356 g/mol. The van der Waals surface area contributed by atoms with Crippen LogP contribution in [-0.2, 0) is 0 Å². The van der Waals surface area contributed by atoms with E-state index < -0.39 is 0 Å². The normalized spacial score (nSPS) is 17.8. The number of hydrogen-bond acceptors (Lipinski definition) is 4. The highest BCUT2D eigenvalue weighted by Crippen LogP contribution is 2.36. The maximum atomic E-state index is 13.2. The molecule has 25 heavy (non-hydrogen) atoms. The van der Waals surface area contributed by atoms with Gasteiger partial charge in [-0.3, -0.25) is 4.79 Å². The molecule has 5 nitrogen and oxygen atoms in total. The van der Waals surface area contributed by atoms with Crippen molar-refractivity contribution in [3.05, 3.63) is 45.1 Å². The first-order valence-corrected chi connectivity index (χ1v) is 9.66. The monoisotopic (exact) mass is 374 g/mol. The van der Waals surface area contributed by atoms with Gasteiger partial charge in [-0.05, 0) is 30.9 Å². The molecule has 1 aliphatic rings. The zero-order chi connectivity index (χ0) is 17.6. The summed E-state index contributed by atoms with van der Waals surface area (Å²) < 4.78 is 0.423. The number of benzene rings is 1. The van der Waals surface area contributed by atoms with Crippen molar-refractivity contribution in [1.82, 2.24) is 19.9 Å². The van der Waals surface area contributed by atoms with Crippen LogP contribution in [0.2, 0.25) is 4.47 Å². The molecule has 1 N–H and O–H groups in total. The minimum absolute atomic E-state index is 0.0413. The van der Waals surface area contributed by atoms with Crippen LogP contribution in [0.25, 0.3) is 11.0 Å². The second-order valence-electron chi connectivity index (χ2n) is 6.63. The van der Waals surface area contributed by atoms with Gasteiger partial charge in [-0.1, -0.05) is 37.6 Å². The molecule has 1 aromatic carbocycles. The number of aromatic amines is 1. The molecule has 0 saturated carbocycles. The first-order valence-electron chi connectivity index (χ1n) is 8.46. The number of nitrogens with one attached hydrogen (secondary N) is 1. The Morgan fingerprint density at radius 3 is 2.92 bits per heavy atom. The van der Waals surface area contributed by atoms with Gasteiger partial charge < -0.3 is 9.88 Å². The average molecular weight is 375 g/mol. The van der Waals surface area contributed by atoms with Crippen LogP contribution in [0.4, 0.5) is 0 Å². The number of carbonyl (C=O) groups excluding carboxylic acids is 1. The van der Waals surface area contributed by atoms with Crippen molar-refractivity contribution in [3.63, 3.8) is 0 Å². The summed E-state index contributed by atoms with van der Waals surface area (Å²) in [4.78, 5) is 28.4. The summed E-state index contributed by atoms with van der Waals surface area (Å²) in [5, 5.41) is 0. The summed E-state index contributed by atoms with van der Waals surface area (Å²) in [6.07, 6.45) is 1.86. The number of hydrogen-bond donors (Lipinski definition) is 1. The molecule has 0 bridgehead atoms. The number of aromatic nitrogens is 3. The molecule has 0 spiro atoms. The predicted molar refractivity (Wildman–Crippen MR) is 100 cm³/mol. The molecule has 3 aromatic rings. The molecule has 1 atom stereocenters. The average Bonchev–Trinajstić information content (AvgIpc) is 3.30. The number of para-hydroxylation sites is 2. The maximum Gasteiger partial charge on any atom is 0.274 e. The minimum Gasteiger partial charge on any atom is -0.340 e. The van der Waals surface area contributed by atoms with E-state index in [2.05, 4.69) is 23.8 Å². The van der Waals surface area contributed by atoms with Crippen molar-refractivity contribution in [2.75, 3.05) is 6.54 Å². The first-order chi connectivity index (χ1) is 12.0. The Morgan fingerprint density at radius 2 is 2.16 bits per heavy atom. The van der Waals surface area contributed by atoms with E-state index in [0.29, 0.717) is 16.7 Å². The topological polar surface area (TPSA) is 61.9 Å². The number of amides is 1. The fraction of sp³-hybridized carbons (Fsp3) is 0.389. The Labute approximate surface area is 155 Å². The molecule has 0 unspecified atom stereocenters. The number of rotatable bonds is 3. The lowest BCUT2D eigenvalue weighted by atomic mass is 10.1. The highest BCUT2D eigenvalue weighted by Gasteiger charge is 2.35. The Kier molecular flexibility index (Phi) is 4.25. The molecule has 1 aliphatic heterocycles. The number of H-pyrrole nitrogens is 1. The van der Waals surface area contributed by atoms with E-state index in [1.54, 1.807) is 0 Å². The molecular formula is C18H19ClN4OS. The van der Waals surface area contributed by atoms with Crippen LogP contribution in [0.3, 0.4) is 0 Å². The van der Waals surface area contributed by atoms with Crippen LogP contribution in [0, 0.1) is 0 Å². The number of imidazole rings is 1. The Balaban J connectivity index is 1.68. The number of fused-ring (bicyclic) bond motifs is 1. The van der Waals surface area contributed by atoms with Crippen molar-refractivity contribution < 1.29 is 4.79 Å². The molecule has 0 aliphatic carbocycles. The quantitative estimate of drug-likeness (QED) is 0.718. The maximum absolute atomic E-state index is 13.2. The summed E-state index contributed by atoms with van der Waals surface area (Å²) in [7, 11) is 0. The van der Waals surface area contributed by atoms with Gasteiger partial charge in [0, 0.05) is 11.4 Å². The number of carbonyl (C=O) groups is 1. The molecule has 130 valence electrons. The van der Waals surface area contributed by atoms with Crippen molar-refractivity contribution in [2.45, 2.75) is 38.6 Å². The van der Waals surface area contributed by atoms with Crippen molar-refractivity contribution in [3.8, 4) is 0 Å². The SMILES string of the molecule is CC(C)c1sc(Cl)nc1C(=O)N1CCC[C@H]1c1nc2ccccc2[nH]1. The molecule has 0 radical (unpaired) electrons. The highest BCUT2D eigenvalue weighted by molar-refractivity contribution is 7.16. The third-order valence-electron chi connectivity index (χ3n) is 4.59. The molecule has 3 heterocycles. The van der Waals surface area contributed by atoms with E-state index in [1.165, 1.54) is 11.3 Å². The fourth-order valence-electron chi connectivity index (χ4n) is 3.41. The van der Waals surface area contributed by atoms with E-state index >= 15 is 0 Å². The molecule has 2 aromatic heterocycles. The van der Waals surface area contributed by atoms with Crippen LogP contribution in [0.15, 0.2) is 24.3 Å². The third kappa shape index (κ3) is 2.93. The first kappa shape index (κ1) is 16.5. The lowest BCUT2D eigenvalue weighted by molar-refractivity contribution is 0.0724. The molecule has 4 rings (SSSR count). The number of nitrogens with zero attached hydrogens (tertiary/aromatic N) is 3. The summed E-state index contributed by atoms with van der Waals surface area (Å²) in [6, 6.07) is 7.89. The van der Waals surface area contributed by atoms with E-state index in [4.69, 9.17) is 16.6 Å². The van der Waals surface area contributed by atoms with Crippen LogP contribution in [0.5, 0.6) is 0 Å². The predicted octanol–water partition coefficient (Wildman–Crippen LogP) is 4.77. The summed E-state index contributed by atoms with van der Waals surface area (Å²) >= 11 is 7.48. The van der Waals surface area contributed by atoms with Gasteiger partial charge in [0.25, 0.3) is 5.91 Å². The number of thiazole rings is 1. The largest absolute Gasteiger partial charge is 0.340 e. The lowest BCUT2D eigenvalue weighted by Gasteiger charge is -2.23. The van der Waals surface area contributed by atoms with Gasteiger partial charge in [0.1, 0.15) is 11.5 Å². The minimum atomic E-state index is -0.0465. The highest BCUT2D eigenvalue weighted by atomic mass is 35.5. The van der Waals surface area contributed by atoms with Crippen molar-refractivity contribution in [2.24, 2.45) is 0 Å². The molecule has 1 amide bonds. The van der Waals surface area contributed by atoms with Gasteiger partial charge >= 0.3 is 0 Å².